The van der Waals surface area contributed by atoms with Crippen LogP contribution in [0, 0.1) is 0 Å². The number of rotatable bonds is 8. The minimum absolute atomic E-state index is 0. The average Bonchev–Trinajstić information content (AvgIpc) is 3.28. The molecule has 0 saturated carbocycles. The van der Waals surface area contributed by atoms with Crippen LogP contribution in [0.1, 0.15) is 34.2 Å². The maximum atomic E-state index is 5.35. The van der Waals surface area contributed by atoms with Gasteiger partial charge in [-0.25, -0.2) is 4.98 Å². The summed E-state index contributed by atoms with van der Waals surface area (Å²) in [4.78, 5) is 10.9. The van der Waals surface area contributed by atoms with Gasteiger partial charge in [0.15, 0.2) is 5.96 Å². The number of aromatic nitrogens is 1. The highest BCUT2D eigenvalue weighted by Gasteiger charge is 2.14. The first-order valence-corrected chi connectivity index (χ1v) is 9.79. The number of fused-ring (bicyclic) bond motifs is 1. The summed E-state index contributed by atoms with van der Waals surface area (Å²) in [6.45, 7) is 5.96. The normalized spacial score (nSPS) is 13.6. The second-order valence-electron chi connectivity index (χ2n) is 6.09. The molecular weight excluding hydrogens is 459 g/mol. The molecule has 0 amide bonds. The lowest BCUT2D eigenvalue weighted by atomic mass is 10.0. The highest BCUT2D eigenvalue weighted by atomic mass is 127. The van der Waals surface area contributed by atoms with Crippen LogP contribution in [0.4, 0.5) is 0 Å². The average molecular weight is 486 g/mol. The molecule has 0 unspecified atom stereocenters. The first-order valence-electron chi connectivity index (χ1n) is 8.98. The minimum atomic E-state index is 0. The second kappa shape index (κ2) is 11.4. The van der Waals surface area contributed by atoms with Crippen LogP contribution in [0.15, 0.2) is 40.5 Å². The Balaban J connectivity index is 0.00000243. The van der Waals surface area contributed by atoms with Crippen molar-refractivity contribution in [3.63, 3.8) is 0 Å². The summed E-state index contributed by atoms with van der Waals surface area (Å²) >= 11 is 1.87. The van der Waals surface area contributed by atoms with Crippen molar-refractivity contribution in [3.8, 4) is 0 Å². The van der Waals surface area contributed by atoms with E-state index in [4.69, 9.17) is 9.40 Å². The van der Waals surface area contributed by atoms with Crippen LogP contribution in [0.25, 0.3) is 0 Å². The summed E-state index contributed by atoms with van der Waals surface area (Å²) in [7, 11) is 0. The Morgan fingerprint density at radius 1 is 1.31 bits per heavy atom. The maximum absolute atomic E-state index is 5.35. The van der Waals surface area contributed by atoms with Gasteiger partial charge in [0.25, 0.3) is 0 Å². The van der Waals surface area contributed by atoms with E-state index in [1.165, 1.54) is 34.8 Å². The zero-order chi connectivity index (χ0) is 17.3. The number of nitrogens with zero attached hydrogens (tertiary/aromatic N) is 2. The monoisotopic (exact) mass is 486 g/mol. The van der Waals surface area contributed by atoms with Crippen LogP contribution in [0.3, 0.4) is 0 Å². The van der Waals surface area contributed by atoms with Gasteiger partial charge in [0.05, 0.1) is 17.0 Å². The van der Waals surface area contributed by atoms with Gasteiger partial charge in [-0.05, 0) is 37.8 Å². The van der Waals surface area contributed by atoms with Gasteiger partial charge >= 0.3 is 0 Å². The third-order valence-corrected chi connectivity index (χ3v) is 5.36. The molecule has 0 fully saturated rings. The number of guanidine groups is 1. The van der Waals surface area contributed by atoms with Crippen LogP contribution in [-0.4, -0.2) is 30.6 Å². The zero-order valence-corrected chi connectivity index (χ0v) is 18.1. The summed E-state index contributed by atoms with van der Waals surface area (Å²) < 4.78 is 5.35. The summed E-state index contributed by atoms with van der Waals surface area (Å²) in [6.07, 6.45) is 10.2. The van der Waals surface area contributed by atoms with Crippen LogP contribution >= 0.6 is 35.3 Å². The topological polar surface area (TPSA) is 62.5 Å². The van der Waals surface area contributed by atoms with Crippen LogP contribution < -0.4 is 10.6 Å². The van der Waals surface area contributed by atoms with Crippen molar-refractivity contribution in [1.29, 1.82) is 0 Å². The first kappa shape index (κ1) is 21.0. The summed E-state index contributed by atoms with van der Waals surface area (Å²) in [5.74, 6) is 1.79. The molecule has 0 bridgehead atoms. The van der Waals surface area contributed by atoms with Crippen molar-refractivity contribution in [3.05, 3.63) is 52.4 Å². The van der Waals surface area contributed by atoms with E-state index in [-0.39, 0.29) is 24.0 Å². The molecule has 0 aromatic carbocycles. The number of aryl methyl sites for hydroxylation is 2. The number of furan rings is 1. The van der Waals surface area contributed by atoms with Gasteiger partial charge in [0.1, 0.15) is 5.76 Å². The summed E-state index contributed by atoms with van der Waals surface area (Å²) in [5.41, 5.74) is 1.33. The quantitative estimate of drug-likeness (QED) is 0.258. The van der Waals surface area contributed by atoms with Crippen molar-refractivity contribution in [1.82, 2.24) is 15.6 Å². The molecule has 0 aliphatic heterocycles. The molecule has 5 nitrogen and oxygen atoms in total. The molecule has 2 aromatic heterocycles. The SMILES string of the molecule is C=CCNC(=NCCc1nc2c(s1)CCCC2)NCCc1ccco1.I. The highest BCUT2D eigenvalue weighted by molar-refractivity contribution is 14.0. The lowest BCUT2D eigenvalue weighted by molar-refractivity contribution is 0.507. The van der Waals surface area contributed by atoms with E-state index >= 15 is 0 Å². The molecule has 7 heteroatoms. The molecule has 142 valence electrons. The van der Waals surface area contributed by atoms with E-state index in [0.29, 0.717) is 6.54 Å². The van der Waals surface area contributed by atoms with E-state index < -0.39 is 0 Å². The number of nitrogens with one attached hydrogen (secondary N) is 2. The fraction of sp³-hybridized carbons (Fsp3) is 0.474. The lowest BCUT2D eigenvalue weighted by Crippen LogP contribution is -2.38. The van der Waals surface area contributed by atoms with Crippen molar-refractivity contribution < 1.29 is 4.42 Å². The van der Waals surface area contributed by atoms with Crippen molar-refractivity contribution in [2.45, 2.75) is 38.5 Å². The fourth-order valence-corrected chi connectivity index (χ4v) is 4.02. The van der Waals surface area contributed by atoms with Crippen LogP contribution in [-0.2, 0) is 25.7 Å². The molecule has 0 spiro atoms. The van der Waals surface area contributed by atoms with Gasteiger partial charge in [-0.15, -0.1) is 41.9 Å². The van der Waals surface area contributed by atoms with Crippen molar-refractivity contribution in [2.75, 3.05) is 19.6 Å². The number of thiazole rings is 1. The zero-order valence-electron chi connectivity index (χ0n) is 15.0. The van der Waals surface area contributed by atoms with Crippen LogP contribution in [0.5, 0.6) is 0 Å². The fourth-order valence-electron chi connectivity index (χ4n) is 2.88. The predicted octanol–water partition coefficient (Wildman–Crippen LogP) is 3.74. The van der Waals surface area contributed by atoms with Crippen LogP contribution in [0.2, 0.25) is 0 Å². The Labute approximate surface area is 176 Å². The number of halogens is 1. The molecule has 0 atom stereocenters. The molecule has 0 saturated heterocycles. The predicted molar refractivity (Wildman–Crippen MR) is 119 cm³/mol. The molecular formula is C19H27IN4OS. The van der Waals surface area contributed by atoms with Crippen molar-refractivity contribution >= 4 is 41.3 Å². The Hall–Kier alpha value is -1.35. The maximum Gasteiger partial charge on any atom is 0.191 e. The Bertz CT molecular complexity index is 673. The van der Waals surface area contributed by atoms with Gasteiger partial charge in [-0.1, -0.05) is 6.08 Å². The van der Waals surface area contributed by atoms with Crippen molar-refractivity contribution in [2.24, 2.45) is 4.99 Å². The standard InChI is InChI=1S/C19H26N4OS.HI/c1-2-11-20-19(21-12-9-15-6-5-14-24-15)22-13-10-18-23-16-7-3-4-8-17(16)25-18;/h2,5-6,14H,1,3-4,7-13H2,(H2,20,21,22);1H. The van der Waals surface area contributed by atoms with E-state index in [9.17, 15) is 0 Å². The molecule has 1 aliphatic rings. The molecule has 26 heavy (non-hydrogen) atoms. The molecule has 2 aromatic rings. The van der Waals surface area contributed by atoms with Gasteiger partial charge < -0.3 is 15.1 Å². The lowest BCUT2D eigenvalue weighted by Gasteiger charge is -2.10. The smallest absolute Gasteiger partial charge is 0.191 e. The Morgan fingerprint density at radius 2 is 2.19 bits per heavy atom. The summed E-state index contributed by atoms with van der Waals surface area (Å²) in [6, 6.07) is 3.90. The Kier molecular flexibility index (Phi) is 9.17. The second-order valence-corrected chi connectivity index (χ2v) is 7.26. The van der Waals surface area contributed by atoms with E-state index in [1.54, 1.807) is 6.26 Å². The van der Waals surface area contributed by atoms with Gasteiger partial charge in [0.2, 0.25) is 0 Å². The van der Waals surface area contributed by atoms with Gasteiger partial charge in [-0.2, -0.15) is 0 Å². The molecule has 2 heterocycles. The molecule has 0 radical (unpaired) electrons. The van der Waals surface area contributed by atoms with Gasteiger partial charge in [-0.3, -0.25) is 4.99 Å². The summed E-state index contributed by atoms with van der Waals surface area (Å²) in [5, 5.41) is 7.82. The largest absolute Gasteiger partial charge is 0.469 e. The number of aliphatic imine (C=N–C) groups is 1. The third-order valence-electron chi connectivity index (χ3n) is 4.14. The minimum Gasteiger partial charge on any atom is -0.469 e. The molecule has 3 rings (SSSR count). The molecule has 2 N–H and O–H groups in total. The highest BCUT2D eigenvalue weighted by Crippen LogP contribution is 2.26. The van der Waals surface area contributed by atoms with Gasteiger partial charge in [0, 0.05) is 37.4 Å². The molecule has 1 aliphatic carbocycles. The number of hydrogen-bond acceptors (Lipinski definition) is 4. The number of hydrogen-bond donors (Lipinski definition) is 2. The first-order chi connectivity index (χ1) is 12.3. The van der Waals surface area contributed by atoms with E-state index in [1.807, 2.05) is 29.5 Å². The third kappa shape index (κ3) is 6.42. The Morgan fingerprint density at radius 3 is 2.96 bits per heavy atom. The van der Waals surface area contributed by atoms with E-state index in [0.717, 1.165) is 44.1 Å². The van der Waals surface area contributed by atoms with E-state index in [2.05, 4.69) is 22.2 Å².